The van der Waals surface area contributed by atoms with Crippen molar-refractivity contribution < 1.29 is 14.1 Å². The van der Waals surface area contributed by atoms with E-state index < -0.39 is 5.92 Å². The van der Waals surface area contributed by atoms with Crippen LogP contribution in [0, 0.1) is 6.92 Å². The van der Waals surface area contributed by atoms with Crippen molar-refractivity contribution in [3.8, 4) is 0 Å². The number of anilines is 1. The molecular formula is C18H20N4O3. The first-order valence-corrected chi connectivity index (χ1v) is 8.59. The molecule has 7 nitrogen and oxygen atoms in total. The predicted octanol–water partition coefficient (Wildman–Crippen LogP) is 2.21. The van der Waals surface area contributed by atoms with Gasteiger partial charge in [0.05, 0.1) is 11.8 Å². The number of nitrogens with zero attached hydrogens (tertiary/aromatic N) is 3. The van der Waals surface area contributed by atoms with Gasteiger partial charge in [0.15, 0.2) is 5.82 Å². The molecule has 4 rings (SSSR count). The summed E-state index contributed by atoms with van der Waals surface area (Å²) in [6, 6.07) is 7.52. The molecule has 130 valence electrons. The molecule has 2 aliphatic heterocycles. The Morgan fingerprint density at radius 1 is 1.36 bits per heavy atom. The summed E-state index contributed by atoms with van der Waals surface area (Å²) in [5.41, 5.74) is 1.63. The number of aromatic nitrogens is 2. The van der Waals surface area contributed by atoms with Crippen LogP contribution >= 0.6 is 0 Å². The maximum atomic E-state index is 13.1. The van der Waals surface area contributed by atoms with Gasteiger partial charge in [0, 0.05) is 25.2 Å². The third-order valence-electron chi connectivity index (χ3n) is 4.92. The highest BCUT2D eigenvalue weighted by molar-refractivity contribution is 6.01. The van der Waals surface area contributed by atoms with Crippen LogP contribution in [-0.4, -0.2) is 39.9 Å². The molecule has 2 amide bonds. The van der Waals surface area contributed by atoms with Gasteiger partial charge in [-0.15, -0.1) is 0 Å². The molecule has 0 radical (unpaired) electrons. The molecule has 25 heavy (non-hydrogen) atoms. The number of amides is 2. The molecule has 0 saturated carbocycles. The molecule has 0 spiro atoms. The molecule has 1 aromatic carbocycles. The molecule has 7 heteroatoms. The van der Waals surface area contributed by atoms with Crippen molar-refractivity contribution in [2.75, 3.05) is 18.4 Å². The van der Waals surface area contributed by atoms with Crippen LogP contribution in [0.5, 0.6) is 0 Å². The summed E-state index contributed by atoms with van der Waals surface area (Å²) in [4.78, 5) is 31.3. The topological polar surface area (TPSA) is 88.3 Å². The predicted molar refractivity (Wildman–Crippen MR) is 90.0 cm³/mol. The fourth-order valence-corrected chi connectivity index (χ4v) is 3.71. The Morgan fingerprint density at radius 2 is 2.20 bits per heavy atom. The Morgan fingerprint density at radius 3 is 3.00 bits per heavy atom. The van der Waals surface area contributed by atoms with Crippen LogP contribution in [-0.2, 0) is 9.59 Å². The van der Waals surface area contributed by atoms with Gasteiger partial charge >= 0.3 is 0 Å². The number of carbonyl (C=O) groups is 2. The van der Waals surface area contributed by atoms with E-state index in [9.17, 15) is 9.59 Å². The number of rotatable bonds is 2. The SMILES string of the molecule is Cc1noc([C@@H]2CCCN(C(=O)[C@@H]3CC(=O)Nc4ccccc43)C2)n1. The molecule has 1 saturated heterocycles. The summed E-state index contributed by atoms with van der Waals surface area (Å²) in [6.07, 6.45) is 2.00. The molecule has 3 heterocycles. The lowest BCUT2D eigenvalue weighted by Crippen LogP contribution is -2.43. The number of fused-ring (bicyclic) bond motifs is 1. The van der Waals surface area contributed by atoms with Gasteiger partial charge in [-0.25, -0.2) is 0 Å². The standard InChI is InChI=1S/C18H20N4O3/c1-11-19-17(25-21-11)12-5-4-8-22(10-12)18(24)14-9-16(23)20-15-7-3-2-6-13(14)15/h2-3,6-7,12,14H,4-5,8-10H2,1H3,(H,20,23)/t12-,14-/m1/s1. The Bertz CT molecular complexity index is 816. The van der Waals surface area contributed by atoms with E-state index >= 15 is 0 Å². The third kappa shape index (κ3) is 3.01. The summed E-state index contributed by atoms with van der Waals surface area (Å²) in [5, 5.41) is 6.69. The zero-order chi connectivity index (χ0) is 17.4. The first kappa shape index (κ1) is 15.8. The van der Waals surface area contributed by atoms with Crippen LogP contribution in [0.25, 0.3) is 0 Å². The van der Waals surface area contributed by atoms with E-state index in [4.69, 9.17) is 4.52 Å². The fourth-order valence-electron chi connectivity index (χ4n) is 3.71. The van der Waals surface area contributed by atoms with E-state index in [0.717, 1.165) is 24.1 Å². The van der Waals surface area contributed by atoms with Crippen LogP contribution in [0.15, 0.2) is 28.8 Å². The van der Waals surface area contributed by atoms with Crippen molar-refractivity contribution in [1.82, 2.24) is 15.0 Å². The second-order valence-electron chi connectivity index (χ2n) is 6.70. The monoisotopic (exact) mass is 340 g/mol. The number of para-hydroxylation sites is 1. The van der Waals surface area contributed by atoms with Crippen LogP contribution < -0.4 is 5.32 Å². The number of benzene rings is 1. The maximum absolute atomic E-state index is 13.1. The zero-order valence-corrected chi connectivity index (χ0v) is 14.1. The average Bonchev–Trinajstić information content (AvgIpc) is 3.07. The minimum Gasteiger partial charge on any atom is -0.341 e. The van der Waals surface area contributed by atoms with E-state index in [1.807, 2.05) is 29.2 Å². The molecule has 2 aromatic rings. The Labute approximate surface area is 145 Å². The molecule has 1 fully saturated rings. The Kier molecular flexibility index (Phi) is 3.99. The van der Waals surface area contributed by atoms with Crippen molar-refractivity contribution in [1.29, 1.82) is 0 Å². The minimum atomic E-state index is -0.423. The summed E-state index contributed by atoms with van der Waals surface area (Å²) < 4.78 is 5.29. The summed E-state index contributed by atoms with van der Waals surface area (Å²) in [7, 11) is 0. The van der Waals surface area contributed by atoms with Gasteiger partial charge in [0.25, 0.3) is 0 Å². The number of aryl methyl sites for hydroxylation is 1. The second kappa shape index (κ2) is 6.31. The van der Waals surface area contributed by atoms with Gasteiger partial charge in [-0.1, -0.05) is 23.4 Å². The lowest BCUT2D eigenvalue weighted by Gasteiger charge is -2.35. The molecule has 2 aliphatic rings. The summed E-state index contributed by atoms with van der Waals surface area (Å²) in [6.45, 7) is 3.04. The van der Waals surface area contributed by atoms with Gasteiger partial charge in [0.2, 0.25) is 17.7 Å². The minimum absolute atomic E-state index is 0.00300. The van der Waals surface area contributed by atoms with Gasteiger partial charge < -0.3 is 14.7 Å². The average molecular weight is 340 g/mol. The lowest BCUT2D eigenvalue weighted by molar-refractivity contribution is -0.136. The molecule has 0 unspecified atom stereocenters. The van der Waals surface area contributed by atoms with E-state index in [1.165, 1.54) is 0 Å². The van der Waals surface area contributed by atoms with Crippen molar-refractivity contribution in [3.63, 3.8) is 0 Å². The van der Waals surface area contributed by atoms with Gasteiger partial charge in [-0.2, -0.15) is 4.98 Å². The molecule has 1 N–H and O–H groups in total. The maximum Gasteiger partial charge on any atom is 0.231 e. The van der Waals surface area contributed by atoms with E-state index in [0.29, 0.717) is 24.8 Å². The smallest absolute Gasteiger partial charge is 0.231 e. The number of hydrogen-bond acceptors (Lipinski definition) is 5. The largest absolute Gasteiger partial charge is 0.341 e. The molecule has 0 bridgehead atoms. The first-order chi connectivity index (χ1) is 12.1. The molecule has 2 atom stereocenters. The number of carbonyl (C=O) groups excluding carboxylic acids is 2. The van der Waals surface area contributed by atoms with E-state index in [-0.39, 0.29) is 24.2 Å². The quantitative estimate of drug-likeness (QED) is 0.905. The molecular weight excluding hydrogens is 320 g/mol. The van der Waals surface area contributed by atoms with Crippen molar-refractivity contribution in [3.05, 3.63) is 41.5 Å². The van der Waals surface area contributed by atoms with Crippen molar-refractivity contribution in [2.45, 2.75) is 38.0 Å². The van der Waals surface area contributed by atoms with Crippen LogP contribution in [0.1, 0.15) is 48.4 Å². The second-order valence-corrected chi connectivity index (χ2v) is 6.70. The van der Waals surface area contributed by atoms with E-state index in [2.05, 4.69) is 15.5 Å². The van der Waals surface area contributed by atoms with Gasteiger partial charge in [-0.3, -0.25) is 9.59 Å². The van der Waals surface area contributed by atoms with Crippen molar-refractivity contribution in [2.24, 2.45) is 0 Å². The fraction of sp³-hybridized carbons (Fsp3) is 0.444. The highest BCUT2D eigenvalue weighted by Crippen LogP contribution is 2.35. The summed E-state index contributed by atoms with van der Waals surface area (Å²) in [5.74, 6) is 0.731. The van der Waals surface area contributed by atoms with Gasteiger partial charge in [-0.05, 0) is 31.4 Å². The molecule has 1 aromatic heterocycles. The Hall–Kier alpha value is -2.70. The number of nitrogens with one attached hydrogen (secondary N) is 1. The van der Waals surface area contributed by atoms with Gasteiger partial charge in [0.1, 0.15) is 0 Å². The zero-order valence-electron chi connectivity index (χ0n) is 14.1. The number of likely N-dealkylation sites (tertiary alicyclic amines) is 1. The number of hydrogen-bond donors (Lipinski definition) is 1. The van der Waals surface area contributed by atoms with Crippen molar-refractivity contribution >= 4 is 17.5 Å². The van der Waals surface area contributed by atoms with E-state index in [1.54, 1.807) is 6.92 Å². The highest BCUT2D eigenvalue weighted by atomic mass is 16.5. The first-order valence-electron chi connectivity index (χ1n) is 8.59. The Balaban J connectivity index is 1.55. The van der Waals surface area contributed by atoms with Crippen LogP contribution in [0.4, 0.5) is 5.69 Å². The molecule has 0 aliphatic carbocycles. The highest BCUT2D eigenvalue weighted by Gasteiger charge is 2.36. The van der Waals surface area contributed by atoms with Crippen LogP contribution in [0.2, 0.25) is 0 Å². The number of piperidine rings is 1. The third-order valence-corrected chi connectivity index (χ3v) is 4.92. The summed E-state index contributed by atoms with van der Waals surface area (Å²) >= 11 is 0. The normalized spacial score (nSPS) is 23.1. The van der Waals surface area contributed by atoms with Crippen LogP contribution in [0.3, 0.4) is 0 Å². The lowest BCUT2D eigenvalue weighted by atomic mass is 9.88.